The van der Waals surface area contributed by atoms with Crippen molar-refractivity contribution in [2.75, 3.05) is 18.8 Å². The summed E-state index contributed by atoms with van der Waals surface area (Å²) < 4.78 is 5.73. The van der Waals surface area contributed by atoms with Crippen molar-refractivity contribution in [3.05, 3.63) is 41.1 Å². The number of halogens is 1. The lowest BCUT2D eigenvalue weighted by molar-refractivity contribution is 0.0652. The monoisotopic (exact) mass is 318 g/mol. The zero-order valence-corrected chi connectivity index (χ0v) is 13.3. The Balaban J connectivity index is 1.82. The Bertz CT molecular complexity index is 696. The number of nitrogens with zero attached hydrogens (tertiary/aromatic N) is 1. The predicted molar refractivity (Wildman–Crippen MR) is 87.9 cm³/mol. The van der Waals surface area contributed by atoms with Crippen LogP contribution in [0.1, 0.15) is 30.3 Å². The Morgan fingerprint density at radius 1 is 1.36 bits per heavy atom. The van der Waals surface area contributed by atoms with Gasteiger partial charge in [-0.1, -0.05) is 18.5 Å². The minimum absolute atomic E-state index is 0.0506. The van der Waals surface area contributed by atoms with Crippen LogP contribution in [0.3, 0.4) is 0 Å². The first-order chi connectivity index (χ1) is 10.5. The first-order valence-corrected chi connectivity index (χ1v) is 7.87. The zero-order chi connectivity index (χ0) is 15.7. The lowest BCUT2D eigenvalue weighted by Crippen LogP contribution is -2.38. The highest BCUT2D eigenvalue weighted by Crippen LogP contribution is 2.30. The molecule has 3 rings (SSSR count). The maximum Gasteiger partial charge on any atom is 0.289 e. The summed E-state index contributed by atoms with van der Waals surface area (Å²) in [5, 5.41) is 0.575. The average molecular weight is 319 g/mol. The van der Waals surface area contributed by atoms with E-state index in [4.69, 9.17) is 21.8 Å². The summed E-state index contributed by atoms with van der Waals surface area (Å²) in [6, 6.07) is 8.72. The van der Waals surface area contributed by atoms with Gasteiger partial charge >= 0.3 is 0 Å². The van der Waals surface area contributed by atoms with Crippen molar-refractivity contribution >= 4 is 23.2 Å². The van der Waals surface area contributed by atoms with Gasteiger partial charge in [-0.25, -0.2) is 0 Å². The van der Waals surface area contributed by atoms with Crippen molar-refractivity contribution in [2.45, 2.75) is 19.8 Å². The first kappa shape index (κ1) is 15.0. The molecular formula is C17H19ClN2O2. The number of likely N-dealkylation sites (tertiary alicyclic amines) is 1. The highest BCUT2D eigenvalue weighted by molar-refractivity contribution is 6.31. The van der Waals surface area contributed by atoms with Crippen LogP contribution in [0.15, 0.2) is 34.7 Å². The van der Waals surface area contributed by atoms with E-state index in [-0.39, 0.29) is 5.91 Å². The second-order valence-corrected chi connectivity index (χ2v) is 6.33. The molecule has 0 spiro atoms. The third-order valence-corrected chi connectivity index (χ3v) is 4.28. The van der Waals surface area contributed by atoms with Crippen LogP contribution >= 0.6 is 11.6 Å². The van der Waals surface area contributed by atoms with E-state index < -0.39 is 0 Å². The van der Waals surface area contributed by atoms with Gasteiger partial charge in [-0.2, -0.15) is 0 Å². The van der Waals surface area contributed by atoms with Crippen molar-refractivity contribution in [1.82, 2.24) is 4.90 Å². The van der Waals surface area contributed by atoms with Crippen LogP contribution in [0.5, 0.6) is 0 Å². The molecule has 2 aromatic rings. The molecule has 2 N–H and O–H groups in total. The van der Waals surface area contributed by atoms with E-state index in [1.807, 2.05) is 4.90 Å². The normalized spacial score (nSPS) is 18.5. The Morgan fingerprint density at radius 2 is 2.18 bits per heavy atom. The maximum absolute atomic E-state index is 12.5. The number of benzene rings is 1. The van der Waals surface area contributed by atoms with Crippen LogP contribution in [0, 0.1) is 5.92 Å². The molecule has 2 heterocycles. The second-order valence-electron chi connectivity index (χ2n) is 5.89. The fourth-order valence-electron chi connectivity index (χ4n) is 2.89. The number of anilines is 1. The molecule has 116 valence electrons. The van der Waals surface area contributed by atoms with E-state index in [0.29, 0.717) is 28.1 Å². The van der Waals surface area contributed by atoms with Crippen LogP contribution < -0.4 is 5.73 Å². The molecule has 1 aromatic heterocycles. The van der Waals surface area contributed by atoms with Gasteiger partial charge in [-0.3, -0.25) is 4.79 Å². The highest BCUT2D eigenvalue weighted by Gasteiger charge is 2.24. The molecule has 1 atom stereocenters. The summed E-state index contributed by atoms with van der Waals surface area (Å²) in [4.78, 5) is 14.4. The number of amides is 1. The van der Waals surface area contributed by atoms with Gasteiger partial charge < -0.3 is 15.1 Å². The van der Waals surface area contributed by atoms with Gasteiger partial charge in [-0.15, -0.1) is 0 Å². The second kappa shape index (κ2) is 6.05. The minimum atomic E-state index is -0.0506. The third-order valence-electron chi connectivity index (χ3n) is 4.04. The molecule has 1 fully saturated rings. The van der Waals surface area contributed by atoms with Crippen LogP contribution in [-0.2, 0) is 0 Å². The van der Waals surface area contributed by atoms with E-state index >= 15 is 0 Å². The Labute approximate surface area is 134 Å². The summed E-state index contributed by atoms with van der Waals surface area (Å²) in [5.74, 6) is 1.44. The number of hydrogen-bond donors (Lipinski definition) is 1. The van der Waals surface area contributed by atoms with Gasteiger partial charge in [0.25, 0.3) is 5.91 Å². The molecule has 0 bridgehead atoms. The number of nitrogen functional groups attached to an aromatic ring is 1. The van der Waals surface area contributed by atoms with Crippen LogP contribution in [-0.4, -0.2) is 23.9 Å². The van der Waals surface area contributed by atoms with E-state index in [9.17, 15) is 4.79 Å². The minimum Gasteiger partial charge on any atom is -0.451 e. The van der Waals surface area contributed by atoms with Crippen molar-refractivity contribution in [2.24, 2.45) is 5.92 Å². The fraction of sp³-hybridized carbons (Fsp3) is 0.353. The quantitative estimate of drug-likeness (QED) is 0.850. The first-order valence-electron chi connectivity index (χ1n) is 7.49. The largest absolute Gasteiger partial charge is 0.451 e. The molecule has 1 amide bonds. The molecule has 0 aliphatic carbocycles. The Morgan fingerprint density at radius 3 is 2.91 bits per heavy atom. The maximum atomic E-state index is 12.5. The van der Waals surface area contributed by atoms with Gasteiger partial charge in [0, 0.05) is 29.4 Å². The van der Waals surface area contributed by atoms with E-state index in [1.54, 1.807) is 30.3 Å². The molecule has 0 saturated carbocycles. The van der Waals surface area contributed by atoms with E-state index in [2.05, 4.69) is 6.92 Å². The SMILES string of the molecule is C[C@@H]1CCCN(C(=O)c2ccc(-c3ccc(Cl)cc3N)o2)C1. The van der Waals surface area contributed by atoms with Crippen molar-refractivity contribution in [1.29, 1.82) is 0 Å². The summed E-state index contributed by atoms with van der Waals surface area (Å²) in [7, 11) is 0. The standard InChI is InChI=1S/C17H19ClN2O2/c1-11-3-2-8-20(10-11)17(21)16-7-6-15(22-16)13-5-4-12(18)9-14(13)19/h4-7,9,11H,2-3,8,10,19H2,1H3/t11-/m1/s1. The van der Waals surface area contributed by atoms with Crippen molar-refractivity contribution in [3.8, 4) is 11.3 Å². The molecule has 4 nitrogen and oxygen atoms in total. The predicted octanol–water partition coefficient (Wildman–Crippen LogP) is 4.05. The third kappa shape index (κ3) is 2.97. The van der Waals surface area contributed by atoms with E-state index in [1.165, 1.54) is 6.42 Å². The molecule has 0 unspecified atom stereocenters. The Kier molecular flexibility index (Phi) is 4.12. The zero-order valence-electron chi connectivity index (χ0n) is 12.5. The average Bonchev–Trinajstić information content (AvgIpc) is 2.96. The smallest absolute Gasteiger partial charge is 0.289 e. The molecule has 0 radical (unpaired) electrons. The topological polar surface area (TPSA) is 59.5 Å². The van der Waals surface area contributed by atoms with Crippen LogP contribution in [0.25, 0.3) is 11.3 Å². The number of hydrogen-bond acceptors (Lipinski definition) is 3. The van der Waals surface area contributed by atoms with Crippen molar-refractivity contribution < 1.29 is 9.21 Å². The van der Waals surface area contributed by atoms with E-state index in [0.717, 1.165) is 25.1 Å². The summed E-state index contributed by atoms with van der Waals surface area (Å²) in [5.41, 5.74) is 7.24. The lowest BCUT2D eigenvalue weighted by atomic mass is 10.0. The van der Waals surface area contributed by atoms with Crippen molar-refractivity contribution in [3.63, 3.8) is 0 Å². The van der Waals surface area contributed by atoms with Gasteiger partial charge in [0.1, 0.15) is 5.76 Å². The van der Waals surface area contributed by atoms with Crippen LogP contribution in [0.4, 0.5) is 5.69 Å². The van der Waals surface area contributed by atoms with Gasteiger partial charge in [0.2, 0.25) is 0 Å². The summed E-state index contributed by atoms with van der Waals surface area (Å²) >= 11 is 5.90. The molecule has 22 heavy (non-hydrogen) atoms. The van der Waals surface area contributed by atoms with Gasteiger partial charge in [0.15, 0.2) is 5.76 Å². The molecule has 1 aromatic carbocycles. The highest BCUT2D eigenvalue weighted by atomic mass is 35.5. The number of carbonyl (C=O) groups excluding carboxylic acids is 1. The Hall–Kier alpha value is -1.94. The molecular weight excluding hydrogens is 300 g/mol. The number of rotatable bonds is 2. The molecule has 5 heteroatoms. The molecule has 1 aliphatic rings. The van der Waals surface area contributed by atoms with Gasteiger partial charge in [0.05, 0.1) is 0 Å². The number of furan rings is 1. The lowest BCUT2D eigenvalue weighted by Gasteiger charge is -2.30. The summed E-state index contributed by atoms with van der Waals surface area (Å²) in [6.45, 7) is 3.75. The fourth-order valence-corrected chi connectivity index (χ4v) is 3.07. The summed E-state index contributed by atoms with van der Waals surface area (Å²) in [6.07, 6.45) is 2.22. The molecule has 1 aliphatic heterocycles. The van der Waals surface area contributed by atoms with Gasteiger partial charge in [-0.05, 0) is 49.1 Å². The number of piperidine rings is 1. The number of carbonyl (C=O) groups is 1. The van der Waals surface area contributed by atoms with Crippen LogP contribution in [0.2, 0.25) is 5.02 Å². The molecule has 1 saturated heterocycles. The number of nitrogens with two attached hydrogens (primary N) is 1.